The van der Waals surface area contributed by atoms with E-state index in [-0.39, 0.29) is 23.3 Å². The van der Waals surface area contributed by atoms with E-state index < -0.39 is 10.0 Å². The van der Waals surface area contributed by atoms with E-state index in [1.807, 2.05) is 18.9 Å². The van der Waals surface area contributed by atoms with E-state index in [1.165, 1.54) is 12.1 Å². The Morgan fingerprint density at radius 3 is 2.32 bits per heavy atom. The molecule has 9 nitrogen and oxygen atoms in total. The first kappa shape index (κ1) is 25.7. The molecule has 2 N–H and O–H groups in total. The second-order valence-electron chi connectivity index (χ2n) is 8.33. The SMILES string of the molecule is CCCNS(=O)(=O)c1ccc(OCC(=O)Nc2ccc(C(=O)N3CCN(C)CC3)cc2)c(C)c1. The third kappa shape index (κ3) is 6.78. The van der Waals surface area contributed by atoms with E-state index in [1.54, 1.807) is 37.3 Å². The topological polar surface area (TPSA) is 108 Å². The van der Waals surface area contributed by atoms with Crippen molar-refractivity contribution in [3.63, 3.8) is 0 Å². The van der Waals surface area contributed by atoms with Gasteiger partial charge in [-0.2, -0.15) is 0 Å². The number of carbonyl (C=O) groups is 2. The van der Waals surface area contributed by atoms with Gasteiger partial charge in [-0.1, -0.05) is 6.92 Å². The fourth-order valence-electron chi connectivity index (χ4n) is 3.50. The second kappa shape index (κ2) is 11.5. The van der Waals surface area contributed by atoms with E-state index in [9.17, 15) is 18.0 Å². The number of amides is 2. The van der Waals surface area contributed by atoms with Crippen molar-refractivity contribution < 1.29 is 22.7 Å². The highest BCUT2D eigenvalue weighted by Gasteiger charge is 2.20. The van der Waals surface area contributed by atoms with Gasteiger partial charge in [0.15, 0.2) is 6.61 Å². The Morgan fingerprint density at radius 1 is 1.03 bits per heavy atom. The molecule has 1 heterocycles. The van der Waals surface area contributed by atoms with Crippen molar-refractivity contribution in [1.82, 2.24) is 14.5 Å². The smallest absolute Gasteiger partial charge is 0.262 e. The quantitative estimate of drug-likeness (QED) is 0.560. The number of carbonyl (C=O) groups excluding carboxylic acids is 2. The summed E-state index contributed by atoms with van der Waals surface area (Å²) in [6, 6.07) is 11.3. The Bertz CT molecular complexity index is 1110. The summed E-state index contributed by atoms with van der Waals surface area (Å²) in [6.45, 7) is 6.86. The fourth-order valence-corrected chi connectivity index (χ4v) is 4.72. The molecule has 0 radical (unpaired) electrons. The molecule has 0 saturated carbocycles. The van der Waals surface area contributed by atoms with Crippen molar-refractivity contribution in [1.29, 1.82) is 0 Å². The first-order valence-corrected chi connectivity index (χ1v) is 12.8. The number of nitrogens with one attached hydrogen (secondary N) is 2. The molecule has 10 heteroatoms. The number of aryl methyl sites for hydroxylation is 1. The molecule has 3 rings (SSSR count). The minimum Gasteiger partial charge on any atom is -0.483 e. The highest BCUT2D eigenvalue weighted by molar-refractivity contribution is 7.89. The molecule has 0 aromatic heterocycles. The van der Waals surface area contributed by atoms with Gasteiger partial charge in [-0.3, -0.25) is 9.59 Å². The molecular weight excluding hydrogens is 456 g/mol. The van der Waals surface area contributed by atoms with Gasteiger partial charge in [-0.15, -0.1) is 0 Å². The number of likely N-dealkylation sites (N-methyl/N-ethyl adjacent to an activating group) is 1. The summed E-state index contributed by atoms with van der Waals surface area (Å²) >= 11 is 0. The number of ether oxygens (including phenoxy) is 1. The van der Waals surface area contributed by atoms with Crippen LogP contribution in [0.1, 0.15) is 29.3 Å². The molecule has 34 heavy (non-hydrogen) atoms. The standard InChI is InChI=1S/C24H32N4O5S/c1-4-11-25-34(31,32)21-9-10-22(18(2)16-21)33-17-23(29)26-20-7-5-19(6-8-20)24(30)28-14-12-27(3)13-15-28/h5-10,16,25H,4,11-15,17H2,1-3H3,(H,26,29). The van der Waals surface area contributed by atoms with Crippen molar-refractivity contribution in [3.05, 3.63) is 53.6 Å². The van der Waals surface area contributed by atoms with Crippen LogP contribution in [0, 0.1) is 6.92 Å². The minimum absolute atomic E-state index is 0.0138. The molecule has 0 atom stereocenters. The van der Waals surface area contributed by atoms with E-state index in [0.717, 1.165) is 13.1 Å². The molecule has 1 aliphatic heterocycles. The van der Waals surface area contributed by atoms with Crippen molar-refractivity contribution in [2.45, 2.75) is 25.2 Å². The molecule has 0 spiro atoms. The summed E-state index contributed by atoms with van der Waals surface area (Å²) in [4.78, 5) is 29.1. The van der Waals surface area contributed by atoms with E-state index in [2.05, 4.69) is 14.9 Å². The molecule has 1 aliphatic rings. The first-order valence-electron chi connectivity index (χ1n) is 11.3. The van der Waals surface area contributed by atoms with Gasteiger partial charge in [0.25, 0.3) is 11.8 Å². The Kier molecular flexibility index (Phi) is 8.65. The van der Waals surface area contributed by atoms with Crippen LogP contribution in [0.15, 0.2) is 47.4 Å². The van der Waals surface area contributed by atoms with Crippen molar-refractivity contribution in [2.75, 3.05) is 51.7 Å². The lowest BCUT2D eigenvalue weighted by atomic mass is 10.1. The molecule has 1 saturated heterocycles. The van der Waals surface area contributed by atoms with E-state index in [4.69, 9.17) is 4.74 Å². The van der Waals surface area contributed by atoms with Gasteiger partial charge in [-0.25, -0.2) is 13.1 Å². The number of benzene rings is 2. The van der Waals surface area contributed by atoms with Gasteiger partial charge in [0.05, 0.1) is 4.90 Å². The number of hydrogen-bond acceptors (Lipinski definition) is 6. The van der Waals surface area contributed by atoms with E-state index in [0.29, 0.717) is 48.6 Å². The molecule has 2 amide bonds. The molecule has 184 valence electrons. The summed E-state index contributed by atoms with van der Waals surface area (Å²) in [5.41, 5.74) is 1.75. The van der Waals surface area contributed by atoms with Crippen LogP contribution in [0.25, 0.3) is 0 Å². The molecule has 0 aliphatic carbocycles. The normalized spacial score (nSPS) is 14.6. The molecule has 2 aromatic rings. The lowest BCUT2D eigenvalue weighted by molar-refractivity contribution is -0.118. The number of anilines is 1. The summed E-state index contributed by atoms with van der Waals surface area (Å²) in [5.74, 6) is 0.0525. The van der Waals surface area contributed by atoms with Crippen molar-refractivity contribution in [2.24, 2.45) is 0 Å². The monoisotopic (exact) mass is 488 g/mol. The van der Waals surface area contributed by atoms with Crippen LogP contribution in [-0.4, -0.2) is 76.4 Å². The fraction of sp³-hybridized carbons (Fsp3) is 0.417. The zero-order chi connectivity index (χ0) is 24.7. The first-order chi connectivity index (χ1) is 16.2. The van der Waals surface area contributed by atoms with Gasteiger partial charge < -0.3 is 19.9 Å². The summed E-state index contributed by atoms with van der Waals surface area (Å²) in [5, 5.41) is 2.74. The zero-order valence-electron chi connectivity index (χ0n) is 19.8. The van der Waals surface area contributed by atoms with Crippen LogP contribution in [-0.2, 0) is 14.8 Å². The number of nitrogens with zero attached hydrogens (tertiary/aromatic N) is 2. The van der Waals surface area contributed by atoms with Crippen molar-refractivity contribution in [3.8, 4) is 5.75 Å². The average molecular weight is 489 g/mol. The lowest BCUT2D eigenvalue weighted by Gasteiger charge is -2.32. The van der Waals surface area contributed by atoms with Crippen LogP contribution < -0.4 is 14.8 Å². The van der Waals surface area contributed by atoms with Gasteiger partial charge in [0.1, 0.15) is 5.75 Å². The van der Waals surface area contributed by atoms with Crippen LogP contribution in [0.4, 0.5) is 5.69 Å². The van der Waals surface area contributed by atoms with Gasteiger partial charge in [0, 0.05) is 44.0 Å². The van der Waals surface area contributed by atoms with Crippen LogP contribution >= 0.6 is 0 Å². The Labute approximate surface area is 201 Å². The molecule has 0 unspecified atom stereocenters. The predicted molar refractivity (Wildman–Crippen MR) is 131 cm³/mol. The summed E-state index contributed by atoms with van der Waals surface area (Å²) < 4.78 is 32.6. The van der Waals surface area contributed by atoms with Crippen LogP contribution in [0.2, 0.25) is 0 Å². The Hall–Kier alpha value is -2.95. The average Bonchev–Trinajstić information content (AvgIpc) is 2.82. The van der Waals surface area contributed by atoms with Crippen LogP contribution in [0.3, 0.4) is 0 Å². The van der Waals surface area contributed by atoms with Gasteiger partial charge >= 0.3 is 0 Å². The Balaban J connectivity index is 1.52. The number of rotatable bonds is 9. The summed E-state index contributed by atoms with van der Waals surface area (Å²) in [6.07, 6.45) is 0.698. The second-order valence-corrected chi connectivity index (χ2v) is 10.1. The molecular formula is C24H32N4O5S. The van der Waals surface area contributed by atoms with Crippen LogP contribution in [0.5, 0.6) is 5.75 Å². The molecule has 0 bridgehead atoms. The third-order valence-corrected chi connectivity index (χ3v) is 7.02. The minimum atomic E-state index is -3.57. The number of sulfonamides is 1. The van der Waals surface area contributed by atoms with E-state index >= 15 is 0 Å². The Morgan fingerprint density at radius 2 is 1.71 bits per heavy atom. The largest absolute Gasteiger partial charge is 0.483 e. The van der Waals surface area contributed by atoms with Crippen molar-refractivity contribution >= 4 is 27.5 Å². The molecule has 1 fully saturated rings. The maximum Gasteiger partial charge on any atom is 0.262 e. The summed E-state index contributed by atoms with van der Waals surface area (Å²) in [7, 11) is -1.53. The number of hydrogen-bond donors (Lipinski definition) is 2. The maximum atomic E-state index is 12.6. The van der Waals surface area contributed by atoms with Gasteiger partial charge in [-0.05, 0) is 68.4 Å². The maximum absolute atomic E-state index is 12.6. The molecule has 2 aromatic carbocycles. The number of piperazine rings is 1. The van der Waals surface area contributed by atoms with Gasteiger partial charge in [0.2, 0.25) is 10.0 Å². The predicted octanol–water partition coefficient (Wildman–Crippen LogP) is 2.09. The third-order valence-electron chi connectivity index (χ3n) is 5.56. The lowest BCUT2D eigenvalue weighted by Crippen LogP contribution is -2.47. The highest BCUT2D eigenvalue weighted by Crippen LogP contribution is 2.22. The zero-order valence-corrected chi connectivity index (χ0v) is 20.7. The highest BCUT2D eigenvalue weighted by atomic mass is 32.2.